The van der Waals surface area contributed by atoms with Crippen LogP contribution in [0.25, 0.3) is 0 Å². The topological polar surface area (TPSA) is 59.4 Å². The molecular weight excluding hydrogens is 320 g/mol. The lowest BCUT2D eigenvalue weighted by Gasteiger charge is -2.17. The summed E-state index contributed by atoms with van der Waals surface area (Å²) in [5.74, 6) is -4.63. The molecule has 0 saturated heterocycles. The highest BCUT2D eigenvalue weighted by Crippen LogP contribution is 2.40. The van der Waals surface area contributed by atoms with Crippen LogP contribution in [-0.4, -0.2) is 22.4 Å². The third-order valence-electron chi connectivity index (χ3n) is 1.96. The fourth-order valence-electron chi connectivity index (χ4n) is 1.28. The lowest BCUT2D eigenvalue weighted by atomic mass is 10.1. The number of halogens is 7. The maximum absolute atomic E-state index is 12.6. The molecule has 0 radical (unpaired) electrons. The molecule has 11 heteroatoms. The van der Waals surface area contributed by atoms with Gasteiger partial charge in [-0.15, -0.1) is 24.8 Å². The van der Waals surface area contributed by atoms with Crippen molar-refractivity contribution in [3.63, 3.8) is 0 Å². The molecule has 1 heterocycles. The first-order chi connectivity index (χ1) is 8.97. The van der Waals surface area contributed by atoms with E-state index in [1.54, 1.807) is 0 Å². The molecule has 0 unspecified atom stereocenters. The molecule has 1 aromatic rings. The van der Waals surface area contributed by atoms with Gasteiger partial charge in [0.1, 0.15) is 5.56 Å². The van der Waals surface area contributed by atoms with Crippen LogP contribution in [0.2, 0.25) is 0 Å². The second-order valence-corrected chi connectivity index (χ2v) is 3.59. The zero-order chi connectivity index (χ0) is 15.7. The summed E-state index contributed by atoms with van der Waals surface area (Å²) in [5.41, 5.74) is -3.97. The zero-order valence-electron chi connectivity index (χ0n) is 9.14. The average molecular weight is 324 g/mol. The maximum Gasteiger partial charge on any atom is 0.573 e. The minimum absolute atomic E-state index is 0.433. The van der Waals surface area contributed by atoms with Crippen LogP contribution in [0, 0.1) is 0 Å². The van der Waals surface area contributed by atoms with Gasteiger partial charge < -0.3 is 9.84 Å². The van der Waals surface area contributed by atoms with Gasteiger partial charge in [-0.3, -0.25) is 0 Å². The molecule has 0 atom stereocenters. The first-order valence-corrected chi connectivity index (χ1v) is 5.15. The highest BCUT2D eigenvalue weighted by Gasteiger charge is 2.43. The average Bonchev–Trinajstić information content (AvgIpc) is 2.23. The van der Waals surface area contributed by atoms with E-state index in [0.717, 1.165) is 0 Å². The van der Waals surface area contributed by atoms with Gasteiger partial charge in [-0.1, -0.05) is 0 Å². The molecule has 0 amide bonds. The molecule has 20 heavy (non-hydrogen) atoms. The molecule has 0 bridgehead atoms. The Kier molecular flexibility index (Phi) is 4.37. The van der Waals surface area contributed by atoms with E-state index in [0.29, 0.717) is 6.20 Å². The van der Waals surface area contributed by atoms with Gasteiger partial charge in [0.15, 0.2) is 11.4 Å². The molecule has 0 aliphatic heterocycles. The Bertz CT molecular complexity index is 528. The summed E-state index contributed by atoms with van der Waals surface area (Å²) in [4.78, 5) is 13.6. The number of pyridine rings is 1. The highest BCUT2D eigenvalue weighted by molar-refractivity contribution is 6.17. The van der Waals surface area contributed by atoms with E-state index in [4.69, 9.17) is 16.7 Å². The number of nitrogens with zero attached hydrogens (tertiary/aromatic N) is 1. The third kappa shape index (κ3) is 3.65. The summed E-state index contributed by atoms with van der Waals surface area (Å²) in [5, 5.41) is 8.76. The molecule has 112 valence electrons. The van der Waals surface area contributed by atoms with Gasteiger partial charge in [0.25, 0.3) is 0 Å². The third-order valence-corrected chi connectivity index (χ3v) is 2.24. The molecule has 0 saturated carbocycles. The number of hydrogen-bond acceptors (Lipinski definition) is 3. The summed E-state index contributed by atoms with van der Waals surface area (Å²) in [6, 6.07) is 0. The molecule has 1 N–H and O–H groups in total. The molecule has 0 spiro atoms. The van der Waals surface area contributed by atoms with E-state index in [1.807, 2.05) is 0 Å². The quantitative estimate of drug-likeness (QED) is 0.684. The monoisotopic (exact) mass is 323 g/mol. The summed E-state index contributed by atoms with van der Waals surface area (Å²) in [6.07, 6.45) is -10.4. The number of carboxylic acids is 1. The number of carbonyl (C=O) groups is 1. The second kappa shape index (κ2) is 5.35. The Hall–Kier alpha value is -1.71. The largest absolute Gasteiger partial charge is 0.573 e. The molecule has 0 aromatic carbocycles. The van der Waals surface area contributed by atoms with Crippen LogP contribution in [0.1, 0.15) is 21.6 Å². The number of ether oxygens (including phenoxy) is 1. The van der Waals surface area contributed by atoms with Crippen LogP contribution < -0.4 is 4.74 Å². The van der Waals surface area contributed by atoms with Crippen LogP contribution >= 0.6 is 11.6 Å². The Morgan fingerprint density at radius 2 is 1.85 bits per heavy atom. The first-order valence-electron chi connectivity index (χ1n) is 4.61. The fourth-order valence-corrected chi connectivity index (χ4v) is 1.49. The lowest BCUT2D eigenvalue weighted by molar-refractivity contribution is -0.276. The number of aromatic carboxylic acids is 1. The van der Waals surface area contributed by atoms with Crippen LogP contribution in [-0.2, 0) is 12.1 Å². The van der Waals surface area contributed by atoms with Gasteiger partial charge in [0, 0.05) is 17.6 Å². The van der Waals surface area contributed by atoms with E-state index in [-0.39, 0.29) is 0 Å². The van der Waals surface area contributed by atoms with Gasteiger partial charge in [-0.25, -0.2) is 9.78 Å². The van der Waals surface area contributed by atoms with Crippen molar-refractivity contribution >= 4 is 17.6 Å². The minimum Gasteiger partial charge on any atom is -0.478 e. The van der Waals surface area contributed by atoms with Crippen molar-refractivity contribution in [3.05, 3.63) is 23.0 Å². The molecule has 0 fully saturated rings. The van der Waals surface area contributed by atoms with Crippen molar-refractivity contribution in [2.24, 2.45) is 0 Å². The summed E-state index contributed by atoms with van der Waals surface area (Å²) < 4.78 is 77.3. The van der Waals surface area contributed by atoms with E-state index in [9.17, 15) is 31.1 Å². The van der Waals surface area contributed by atoms with Crippen molar-refractivity contribution in [2.45, 2.75) is 18.4 Å². The minimum atomic E-state index is -5.52. The Morgan fingerprint density at radius 3 is 2.20 bits per heavy atom. The summed E-state index contributed by atoms with van der Waals surface area (Å²) in [6.45, 7) is 0. The molecule has 0 aliphatic carbocycles. The van der Waals surface area contributed by atoms with Crippen molar-refractivity contribution in [2.75, 3.05) is 0 Å². The van der Waals surface area contributed by atoms with E-state index in [1.165, 1.54) is 0 Å². The van der Waals surface area contributed by atoms with Crippen molar-refractivity contribution in [1.29, 1.82) is 0 Å². The Balaban J connectivity index is 3.64. The number of rotatable bonds is 3. The SMILES string of the molecule is O=C(O)c1c(CCl)cnc(C(F)(F)F)c1OC(F)(F)F. The lowest BCUT2D eigenvalue weighted by Crippen LogP contribution is -2.24. The number of aromatic nitrogens is 1. The van der Waals surface area contributed by atoms with Crippen LogP contribution in [0.5, 0.6) is 5.75 Å². The molecule has 0 aliphatic rings. The predicted octanol–water partition coefficient (Wildman–Crippen LogP) is 3.44. The molecule has 4 nitrogen and oxygen atoms in total. The highest BCUT2D eigenvalue weighted by atomic mass is 35.5. The number of alkyl halides is 7. The van der Waals surface area contributed by atoms with Crippen LogP contribution in [0.4, 0.5) is 26.3 Å². The van der Waals surface area contributed by atoms with Gasteiger partial charge in [0.05, 0.1) is 0 Å². The summed E-state index contributed by atoms with van der Waals surface area (Å²) >= 11 is 5.26. The smallest absolute Gasteiger partial charge is 0.478 e. The number of carboxylic acid groups (broad SMARTS) is 1. The Labute approximate surface area is 111 Å². The molecule has 1 rings (SSSR count). The van der Waals surface area contributed by atoms with Crippen molar-refractivity contribution < 1.29 is 41.0 Å². The van der Waals surface area contributed by atoms with Crippen LogP contribution in [0.3, 0.4) is 0 Å². The van der Waals surface area contributed by atoms with E-state index < -0.39 is 47.0 Å². The van der Waals surface area contributed by atoms with Gasteiger partial charge in [-0.05, 0) is 0 Å². The first kappa shape index (κ1) is 16.3. The second-order valence-electron chi connectivity index (χ2n) is 3.32. The van der Waals surface area contributed by atoms with Crippen molar-refractivity contribution in [1.82, 2.24) is 4.98 Å². The van der Waals surface area contributed by atoms with Gasteiger partial charge in [-0.2, -0.15) is 13.2 Å². The Morgan fingerprint density at radius 1 is 1.30 bits per heavy atom. The van der Waals surface area contributed by atoms with Crippen molar-refractivity contribution in [3.8, 4) is 5.75 Å². The van der Waals surface area contributed by atoms with Crippen LogP contribution in [0.15, 0.2) is 6.20 Å². The van der Waals surface area contributed by atoms with E-state index >= 15 is 0 Å². The van der Waals surface area contributed by atoms with E-state index in [2.05, 4.69) is 9.72 Å². The molecular formula is C9H4ClF6NO3. The predicted molar refractivity (Wildman–Crippen MR) is 52.4 cm³/mol. The molecule has 1 aromatic heterocycles. The normalized spacial score (nSPS) is 12.3. The standard InChI is InChI=1S/C9H4ClF6NO3/c10-1-3-2-17-6(8(11,12)13)5(4(3)7(18)19)20-9(14,15)16/h2H,1H2,(H,18,19). The zero-order valence-corrected chi connectivity index (χ0v) is 9.90. The van der Waals surface area contributed by atoms with Gasteiger partial charge in [0.2, 0.25) is 0 Å². The number of hydrogen-bond donors (Lipinski definition) is 1. The van der Waals surface area contributed by atoms with Gasteiger partial charge >= 0.3 is 18.5 Å². The fraction of sp³-hybridized carbons (Fsp3) is 0.333. The summed E-state index contributed by atoms with van der Waals surface area (Å²) in [7, 11) is 0. The maximum atomic E-state index is 12.6.